The Balaban J connectivity index is 2.22. The Morgan fingerprint density at radius 3 is 3.06 bits per heavy atom. The van der Waals surface area contributed by atoms with Gasteiger partial charge in [-0.2, -0.15) is 4.98 Å². The minimum Gasteiger partial charge on any atom is -0.350 e. The molecule has 0 spiro atoms. The normalized spacial score (nSPS) is 20.3. The molecule has 1 atom stereocenters. The number of anilines is 1. The Morgan fingerprint density at radius 2 is 2.35 bits per heavy atom. The first kappa shape index (κ1) is 12.5. The fourth-order valence-corrected chi connectivity index (χ4v) is 2.39. The number of hydrogen-bond donors (Lipinski definition) is 0. The molecule has 2 rings (SSSR count). The van der Waals surface area contributed by atoms with Gasteiger partial charge < -0.3 is 9.80 Å². The third-order valence-corrected chi connectivity index (χ3v) is 3.10. The van der Waals surface area contributed by atoms with Crippen LogP contribution in [0, 0.1) is 5.82 Å². The van der Waals surface area contributed by atoms with Crippen molar-refractivity contribution in [1.29, 1.82) is 0 Å². The van der Waals surface area contributed by atoms with Gasteiger partial charge in [-0.15, -0.1) is 0 Å². The summed E-state index contributed by atoms with van der Waals surface area (Å²) in [6.07, 6.45) is 3.24. The van der Waals surface area contributed by atoms with Gasteiger partial charge in [0.05, 0.1) is 6.20 Å². The summed E-state index contributed by atoms with van der Waals surface area (Å²) in [5, 5.41) is 0.0944. The molecule has 17 heavy (non-hydrogen) atoms. The van der Waals surface area contributed by atoms with Crippen LogP contribution in [0.1, 0.15) is 12.8 Å². The Bertz CT molecular complexity index is 399. The maximum absolute atomic E-state index is 13.7. The molecule has 94 valence electrons. The molecule has 0 N–H and O–H groups in total. The first-order valence-electron chi connectivity index (χ1n) is 5.67. The lowest BCUT2D eigenvalue weighted by Gasteiger charge is -2.28. The summed E-state index contributed by atoms with van der Waals surface area (Å²) in [7, 11) is 4.03. The highest BCUT2D eigenvalue weighted by Gasteiger charge is 2.28. The zero-order valence-electron chi connectivity index (χ0n) is 10.0. The maximum atomic E-state index is 13.7. The molecule has 0 radical (unpaired) electrons. The van der Waals surface area contributed by atoms with Gasteiger partial charge in [0, 0.05) is 19.1 Å². The van der Waals surface area contributed by atoms with Crippen LogP contribution in [0.3, 0.4) is 0 Å². The molecule has 0 amide bonds. The van der Waals surface area contributed by atoms with Gasteiger partial charge in [0.1, 0.15) is 0 Å². The van der Waals surface area contributed by atoms with Gasteiger partial charge in [-0.3, -0.25) is 0 Å². The van der Waals surface area contributed by atoms with Gasteiger partial charge in [0.15, 0.2) is 11.6 Å². The molecule has 1 unspecified atom stereocenters. The summed E-state index contributed by atoms with van der Waals surface area (Å²) < 4.78 is 13.7. The van der Waals surface area contributed by atoms with Crippen molar-refractivity contribution >= 4 is 17.4 Å². The number of halogens is 2. The predicted molar refractivity (Wildman–Crippen MR) is 65.9 cm³/mol. The van der Waals surface area contributed by atoms with Crippen molar-refractivity contribution in [2.24, 2.45) is 0 Å². The Hall–Kier alpha value is -0.940. The second kappa shape index (κ2) is 5.14. The number of hydrogen-bond acceptors (Lipinski definition) is 4. The highest BCUT2D eigenvalue weighted by Crippen LogP contribution is 2.26. The van der Waals surface area contributed by atoms with Crippen molar-refractivity contribution < 1.29 is 4.39 Å². The van der Waals surface area contributed by atoms with E-state index >= 15 is 0 Å². The van der Waals surface area contributed by atoms with Gasteiger partial charge in [-0.05, 0) is 38.5 Å². The van der Waals surface area contributed by atoms with Crippen LogP contribution < -0.4 is 4.90 Å². The first-order chi connectivity index (χ1) is 8.08. The Labute approximate surface area is 105 Å². The van der Waals surface area contributed by atoms with E-state index in [4.69, 9.17) is 11.6 Å². The van der Waals surface area contributed by atoms with Gasteiger partial charge in [0.25, 0.3) is 0 Å². The second-order valence-corrected chi connectivity index (χ2v) is 4.90. The van der Waals surface area contributed by atoms with E-state index in [2.05, 4.69) is 14.9 Å². The molecule has 0 saturated carbocycles. The summed E-state index contributed by atoms with van der Waals surface area (Å²) in [4.78, 5) is 11.7. The van der Waals surface area contributed by atoms with Gasteiger partial charge in [0.2, 0.25) is 5.28 Å². The SMILES string of the molecule is CN(C)CC1CCCN1c1nc(Cl)ncc1F. The number of likely N-dealkylation sites (N-methyl/N-ethyl adjacent to an activating group) is 1. The van der Waals surface area contributed by atoms with Crippen LogP contribution in [0.2, 0.25) is 5.28 Å². The molecule has 4 nitrogen and oxygen atoms in total. The van der Waals surface area contributed by atoms with E-state index in [1.54, 1.807) is 0 Å². The van der Waals surface area contributed by atoms with Crippen LogP contribution in [0.4, 0.5) is 10.2 Å². The van der Waals surface area contributed by atoms with Gasteiger partial charge in [-0.25, -0.2) is 9.37 Å². The quantitative estimate of drug-likeness (QED) is 0.774. The summed E-state index contributed by atoms with van der Waals surface area (Å²) in [5.74, 6) is -0.0746. The number of aromatic nitrogens is 2. The van der Waals surface area contributed by atoms with Crippen molar-refractivity contribution in [3.05, 3.63) is 17.3 Å². The average Bonchev–Trinajstić information content (AvgIpc) is 2.69. The monoisotopic (exact) mass is 258 g/mol. The molecule has 0 bridgehead atoms. The molecule has 1 aromatic rings. The van der Waals surface area contributed by atoms with Crippen molar-refractivity contribution in [3.8, 4) is 0 Å². The maximum Gasteiger partial charge on any atom is 0.224 e. The second-order valence-electron chi connectivity index (χ2n) is 4.56. The molecule has 1 saturated heterocycles. The molecule has 1 aromatic heterocycles. The van der Waals surface area contributed by atoms with E-state index in [1.807, 2.05) is 19.0 Å². The molecule has 1 aliphatic rings. The van der Waals surface area contributed by atoms with E-state index in [0.717, 1.165) is 32.1 Å². The average molecular weight is 259 g/mol. The molecule has 1 fully saturated rings. The molecular weight excluding hydrogens is 243 g/mol. The fraction of sp³-hybridized carbons (Fsp3) is 0.636. The van der Waals surface area contributed by atoms with E-state index in [0.29, 0.717) is 11.9 Å². The summed E-state index contributed by atoms with van der Waals surface area (Å²) >= 11 is 5.72. The van der Waals surface area contributed by atoms with E-state index in [9.17, 15) is 4.39 Å². The Morgan fingerprint density at radius 1 is 1.59 bits per heavy atom. The fourth-order valence-electron chi connectivity index (χ4n) is 2.26. The molecule has 0 aliphatic carbocycles. The van der Waals surface area contributed by atoms with Crippen molar-refractivity contribution in [1.82, 2.24) is 14.9 Å². The highest BCUT2D eigenvalue weighted by molar-refractivity contribution is 6.28. The lowest BCUT2D eigenvalue weighted by atomic mass is 10.2. The molecular formula is C11H16ClFN4. The summed E-state index contributed by atoms with van der Waals surface area (Å²) in [6.45, 7) is 1.71. The molecule has 2 heterocycles. The van der Waals surface area contributed by atoms with Crippen LogP contribution in [0.15, 0.2) is 6.20 Å². The standard InChI is InChI=1S/C11H16ClFN4/c1-16(2)7-8-4-3-5-17(8)10-9(13)6-14-11(12)15-10/h6,8H,3-5,7H2,1-2H3. The highest BCUT2D eigenvalue weighted by atomic mass is 35.5. The zero-order valence-corrected chi connectivity index (χ0v) is 10.8. The van der Waals surface area contributed by atoms with Gasteiger partial charge in [-0.1, -0.05) is 0 Å². The largest absolute Gasteiger partial charge is 0.350 e. The number of nitrogens with zero attached hydrogens (tertiary/aromatic N) is 4. The summed E-state index contributed by atoms with van der Waals surface area (Å²) in [5.41, 5.74) is 0. The van der Waals surface area contributed by atoms with Crippen molar-refractivity contribution in [2.75, 3.05) is 32.1 Å². The number of rotatable bonds is 3. The van der Waals surface area contributed by atoms with Crippen LogP contribution in [-0.2, 0) is 0 Å². The minimum atomic E-state index is -0.403. The van der Waals surface area contributed by atoms with Gasteiger partial charge >= 0.3 is 0 Å². The zero-order chi connectivity index (χ0) is 12.4. The van der Waals surface area contributed by atoms with E-state index < -0.39 is 5.82 Å². The topological polar surface area (TPSA) is 32.3 Å². The van der Waals surface area contributed by atoms with Crippen molar-refractivity contribution in [3.63, 3.8) is 0 Å². The van der Waals surface area contributed by atoms with E-state index in [-0.39, 0.29) is 5.28 Å². The lowest BCUT2D eigenvalue weighted by molar-refractivity contribution is 0.370. The Kier molecular flexibility index (Phi) is 3.79. The molecule has 1 aliphatic heterocycles. The smallest absolute Gasteiger partial charge is 0.224 e. The van der Waals surface area contributed by atoms with Crippen molar-refractivity contribution in [2.45, 2.75) is 18.9 Å². The third kappa shape index (κ3) is 2.84. The molecule has 0 aromatic carbocycles. The molecule has 6 heteroatoms. The van der Waals surface area contributed by atoms with Crippen LogP contribution in [0.5, 0.6) is 0 Å². The van der Waals surface area contributed by atoms with Crippen LogP contribution in [0.25, 0.3) is 0 Å². The predicted octanol–water partition coefficient (Wildman–Crippen LogP) is 1.80. The summed E-state index contributed by atoms with van der Waals surface area (Å²) in [6, 6.07) is 0.297. The van der Waals surface area contributed by atoms with E-state index in [1.165, 1.54) is 0 Å². The third-order valence-electron chi connectivity index (χ3n) is 2.92. The minimum absolute atomic E-state index is 0.0944. The van der Waals surface area contributed by atoms with Crippen LogP contribution >= 0.6 is 11.6 Å². The lowest BCUT2D eigenvalue weighted by Crippen LogP contribution is -2.38. The first-order valence-corrected chi connectivity index (χ1v) is 6.05. The van der Waals surface area contributed by atoms with Crippen LogP contribution in [-0.4, -0.2) is 48.1 Å².